The van der Waals surface area contributed by atoms with Crippen molar-refractivity contribution in [3.63, 3.8) is 0 Å². The minimum Gasteiger partial charge on any atom is -0.486 e. The molecule has 8 nitrogen and oxygen atoms in total. The monoisotopic (exact) mass is 529 g/mol. The molecule has 2 aromatic heterocycles. The van der Waals surface area contributed by atoms with E-state index in [-0.39, 0.29) is 5.60 Å². The third-order valence-corrected chi connectivity index (χ3v) is 9.12. The van der Waals surface area contributed by atoms with Gasteiger partial charge in [0.25, 0.3) is 0 Å². The maximum Gasteiger partial charge on any atom is 0.186 e. The first kappa shape index (κ1) is 24.0. The Morgan fingerprint density at radius 1 is 0.974 bits per heavy atom. The molecule has 0 amide bonds. The molecule has 2 aromatic carbocycles. The molecule has 3 aliphatic rings. The highest BCUT2D eigenvalue weighted by atomic mass is 32.2. The maximum absolute atomic E-state index is 11.5. The minimum absolute atomic E-state index is 0.0320. The van der Waals surface area contributed by atoms with Crippen molar-refractivity contribution in [2.75, 3.05) is 32.7 Å². The highest BCUT2D eigenvalue weighted by Gasteiger charge is 2.48. The summed E-state index contributed by atoms with van der Waals surface area (Å²) in [5, 5.41) is 7.94. The van der Waals surface area contributed by atoms with Crippen molar-refractivity contribution < 1.29 is 13.5 Å². The van der Waals surface area contributed by atoms with Gasteiger partial charge in [-0.1, -0.05) is 24.3 Å². The lowest BCUT2D eigenvalue weighted by Gasteiger charge is -2.48. The summed E-state index contributed by atoms with van der Waals surface area (Å²) in [5.41, 5.74) is 4.86. The number of likely N-dealkylation sites (tertiary alicyclic amines) is 1. The Morgan fingerprint density at radius 2 is 1.76 bits per heavy atom. The number of ether oxygens (including phenoxy) is 1. The SMILES string of the molecule is O=S(O)c1cccc(-c2cnn3cc(-c4ccc(OC5(CN6CCC7(CC6)CNC7)CC5)cc4)cnc23)c1. The third-order valence-electron chi connectivity index (χ3n) is 8.46. The molecule has 2 N–H and O–H groups in total. The molecule has 1 unspecified atom stereocenters. The van der Waals surface area contributed by atoms with Crippen LogP contribution in [0, 0.1) is 5.41 Å². The molecule has 4 aromatic rings. The minimum atomic E-state index is -2.03. The molecule has 38 heavy (non-hydrogen) atoms. The summed E-state index contributed by atoms with van der Waals surface area (Å²) in [7, 11) is 0. The zero-order valence-electron chi connectivity index (χ0n) is 21.2. The van der Waals surface area contributed by atoms with Crippen LogP contribution >= 0.6 is 0 Å². The molecule has 0 bridgehead atoms. The number of benzene rings is 2. The van der Waals surface area contributed by atoms with Gasteiger partial charge in [-0.05, 0) is 79.6 Å². The van der Waals surface area contributed by atoms with Crippen LogP contribution in [0.25, 0.3) is 27.9 Å². The summed E-state index contributed by atoms with van der Waals surface area (Å²) in [5.74, 6) is 0.916. The summed E-state index contributed by atoms with van der Waals surface area (Å²) in [4.78, 5) is 7.62. The Hall–Kier alpha value is -3.11. The van der Waals surface area contributed by atoms with Crippen LogP contribution in [0.15, 0.2) is 72.0 Å². The van der Waals surface area contributed by atoms with Crippen LogP contribution in [0.3, 0.4) is 0 Å². The molecule has 3 fully saturated rings. The van der Waals surface area contributed by atoms with E-state index in [1.165, 1.54) is 39.0 Å². The van der Waals surface area contributed by atoms with E-state index in [4.69, 9.17) is 4.74 Å². The van der Waals surface area contributed by atoms with Gasteiger partial charge in [-0.15, -0.1) is 0 Å². The van der Waals surface area contributed by atoms with Crippen molar-refractivity contribution in [3.8, 4) is 28.0 Å². The predicted octanol–water partition coefficient (Wildman–Crippen LogP) is 4.24. The molecular weight excluding hydrogens is 498 g/mol. The number of hydrogen-bond acceptors (Lipinski definition) is 6. The Morgan fingerprint density at radius 3 is 2.45 bits per heavy atom. The van der Waals surface area contributed by atoms with Gasteiger partial charge >= 0.3 is 0 Å². The van der Waals surface area contributed by atoms with Gasteiger partial charge in [-0.3, -0.25) is 4.90 Å². The van der Waals surface area contributed by atoms with Crippen molar-refractivity contribution >= 4 is 16.7 Å². The molecule has 2 saturated heterocycles. The Balaban J connectivity index is 1.04. The summed E-state index contributed by atoms with van der Waals surface area (Å²) in [6.45, 7) is 5.78. The van der Waals surface area contributed by atoms with Gasteiger partial charge < -0.3 is 14.6 Å². The van der Waals surface area contributed by atoms with Crippen LogP contribution in [0.4, 0.5) is 0 Å². The van der Waals surface area contributed by atoms with Crippen LogP contribution < -0.4 is 10.1 Å². The van der Waals surface area contributed by atoms with Crippen LogP contribution in [0.1, 0.15) is 25.7 Å². The number of rotatable bonds is 7. The molecule has 1 atom stereocenters. The van der Waals surface area contributed by atoms with E-state index in [0.29, 0.717) is 16.0 Å². The van der Waals surface area contributed by atoms with E-state index in [2.05, 4.69) is 44.6 Å². The molecule has 196 valence electrons. The number of fused-ring (bicyclic) bond motifs is 1. The van der Waals surface area contributed by atoms with Gasteiger partial charge in [0.15, 0.2) is 16.7 Å². The average Bonchev–Trinajstić information content (AvgIpc) is 3.53. The number of piperidine rings is 1. The van der Waals surface area contributed by atoms with Crippen LogP contribution in [-0.2, 0) is 11.1 Å². The first-order chi connectivity index (χ1) is 18.5. The maximum atomic E-state index is 11.5. The number of aromatic nitrogens is 3. The zero-order chi connectivity index (χ0) is 25.7. The fourth-order valence-electron chi connectivity index (χ4n) is 5.82. The highest BCUT2D eigenvalue weighted by Crippen LogP contribution is 2.43. The number of nitrogens with zero attached hydrogens (tertiary/aromatic N) is 4. The molecule has 1 spiro atoms. The van der Waals surface area contributed by atoms with Crippen molar-refractivity contribution in [1.29, 1.82) is 0 Å². The molecule has 2 aliphatic heterocycles. The first-order valence-corrected chi connectivity index (χ1v) is 14.4. The third kappa shape index (κ3) is 4.53. The van der Waals surface area contributed by atoms with Crippen molar-refractivity contribution in [2.45, 2.75) is 36.2 Å². The van der Waals surface area contributed by atoms with Gasteiger partial charge in [0.1, 0.15) is 11.4 Å². The van der Waals surface area contributed by atoms with Gasteiger partial charge in [0.05, 0.1) is 11.1 Å². The Labute approximate surface area is 224 Å². The van der Waals surface area contributed by atoms with Gasteiger partial charge in [0, 0.05) is 43.2 Å². The molecule has 7 rings (SSSR count). The van der Waals surface area contributed by atoms with Gasteiger partial charge in [-0.25, -0.2) is 13.7 Å². The van der Waals surface area contributed by atoms with E-state index in [1.807, 2.05) is 18.5 Å². The summed E-state index contributed by atoms with van der Waals surface area (Å²) < 4.78 is 29.2. The van der Waals surface area contributed by atoms with Gasteiger partial charge in [-0.2, -0.15) is 5.10 Å². The smallest absolute Gasteiger partial charge is 0.186 e. The van der Waals surface area contributed by atoms with E-state index in [0.717, 1.165) is 47.4 Å². The molecular formula is C29H31N5O3S. The average molecular weight is 530 g/mol. The van der Waals surface area contributed by atoms with Crippen LogP contribution in [0.5, 0.6) is 5.75 Å². The number of hydrogen-bond donors (Lipinski definition) is 2. The van der Waals surface area contributed by atoms with E-state index >= 15 is 0 Å². The second-order valence-corrected chi connectivity index (χ2v) is 12.1. The second kappa shape index (κ2) is 9.27. The lowest BCUT2D eigenvalue weighted by molar-refractivity contribution is 0.0295. The standard InChI is InChI=1S/C29H31N5O3S/c35-38(36)25-3-1-2-22(14-25)26-16-32-34-17-23(15-31-27(26)34)21-4-6-24(7-5-21)37-29(8-9-29)20-33-12-10-28(11-13-33)18-30-19-28/h1-7,14-17,30H,8-13,18-20H2,(H,35,36). The zero-order valence-corrected chi connectivity index (χ0v) is 22.0. The summed E-state index contributed by atoms with van der Waals surface area (Å²) >= 11 is -2.03. The fourth-order valence-corrected chi connectivity index (χ4v) is 6.24. The van der Waals surface area contributed by atoms with Crippen LogP contribution in [-0.4, -0.2) is 66.6 Å². The molecule has 9 heteroatoms. The topological polar surface area (TPSA) is 92.0 Å². The van der Waals surface area contributed by atoms with Gasteiger partial charge in [0.2, 0.25) is 0 Å². The first-order valence-electron chi connectivity index (χ1n) is 13.3. The molecule has 0 radical (unpaired) electrons. The lowest BCUT2D eigenvalue weighted by Crippen LogP contribution is -2.58. The largest absolute Gasteiger partial charge is 0.486 e. The fraction of sp³-hybridized carbons (Fsp3) is 0.379. The molecule has 1 aliphatic carbocycles. The van der Waals surface area contributed by atoms with E-state index < -0.39 is 11.1 Å². The Bertz CT molecular complexity index is 1500. The van der Waals surface area contributed by atoms with Crippen LogP contribution in [0.2, 0.25) is 0 Å². The Kier molecular flexibility index (Phi) is 5.85. The summed E-state index contributed by atoms with van der Waals surface area (Å²) in [6, 6.07) is 15.2. The quantitative estimate of drug-likeness (QED) is 0.346. The highest BCUT2D eigenvalue weighted by molar-refractivity contribution is 7.79. The molecule has 4 heterocycles. The predicted molar refractivity (Wildman–Crippen MR) is 146 cm³/mol. The van der Waals surface area contributed by atoms with E-state index in [1.54, 1.807) is 28.9 Å². The molecule has 1 saturated carbocycles. The number of nitrogens with one attached hydrogen (secondary N) is 1. The van der Waals surface area contributed by atoms with Crippen molar-refractivity contribution in [1.82, 2.24) is 24.8 Å². The van der Waals surface area contributed by atoms with Crippen molar-refractivity contribution in [2.24, 2.45) is 5.41 Å². The normalized spacial score (nSPS) is 20.8. The van der Waals surface area contributed by atoms with Crippen molar-refractivity contribution in [3.05, 3.63) is 67.1 Å². The lowest BCUT2D eigenvalue weighted by atomic mass is 9.73. The summed E-state index contributed by atoms with van der Waals surface area (Å²) in [6.07, 6.45) is 10.4. The van der Waals surface area contributed by atoms with E-state index in [9.17, 15) is 8.76 Å². The second-order valence-electron chi connectivity index (χ2n) is 11.1.